The SMILES string of the molecule is O=C(NCC1CCCC1(F)F)c1noc2c1CCCCC2. The van der Waals surface area contributed by atoms with E-state index in [0.29, 0.717) is 12.8 Å². The second-order valence-electron chi connectivity index (χ2n) is 6.05. The second-order valence-corrected chi connectivity index (χ2v) is 6.05. The number of aromatic nitrogens is 1. The molecule has 0 bridgehead atoms. The molecule has 1 amide bonds. The largest absolute Gasteiger partial charge is 0.360 e. The number of aryl methyl sites for hydroxylation is 1. The van der Waals surface area contributed by atoms with Crippen LogP contribution in [-0.2, 0) is 12.8 Å². The summed E-state index contributed by atoms with van der Waals surface area (Å²) in [5, 5.41) is 6.46. The normalized spacial score (nSPS) is 24.4. The van der Waals surface area contributed by atoms with E-state index in [4.69, 9.17) is 4.52 Å². The van der Waals surface area contributed by atoms with Crippen molar-refractivity contribution in [2.24, 2.45) is 5.92 Å². The molecule has 1 aromatic rings. The molecule has 116 valence electrons. The van der Waals surface area contributed by atoms with E-state index in [2.05, 4.69) is 10.5 Å². The quantitative estimate of drug-likeness (QED) is 0.872. The highest BCUT2D eigenvalue weighted by atomic mass is 19.3. The fourth-order valence-corrected chi connectivity index (χ4v) is 3.29. The molecular formula is C15H20F2N2O2. The molecule has 1 fully saturated rings. The topological polar surface area (TPSA) is 55.1 Å². The zero-order valence-corrected chi connectivity index (χ0v) is 12.0. The van der Waals surface area contributed by atoms with Gasteiger partial charge in [0.2, 0.25) is 0 Å². The van der Waals surface area contributed by atoms with Crippen LogP contribution in [-0.4, -0.2) is 23.5 Å². The van der Waals surface area contributed by atoms with E-state index in [1.807, 2.05) is 0 Å². The Hall–Kier alpha value is -1.46. The zero-order chi connectivity index (χ0) is 14.9. The van der Waals surface area contributed by atoms with Crippen molar-refractivity contribution in [1.29, 1.82) is 0 Å². The van der Waals surface area contributed by atoms with Crippen molar-refractivity contribution in [3.05, 3.63) is 17.0 Å². The van der Waals surface area contributed by atoms with Crippen LogP contribution >= 0.6 is 0 Å². The minimum atomic E-state index is -2.66. The summed E-state index contributed by atoms with van der Waals surface area (Å²) < 4.78 is 32.3. The third-order valence-corrected chi connectivity index (χ3v) is 4.58. The molecule has 1 saturated carbocycles. The molecule has 1 heterocycles. The Morgan fingerprint density at radius 3 is 2.86 bits per heavy atom. The molecule has 1 atom stereocenters. The fourth-order valence-electron chi connectivity index (χ4n) is 3.29. The molecule has 21 heavy (non-hydrogen) atoms. The first-order valence-corrected chi connectivity index (χ1v) is 7.71. The smallest absolute Gasteiger partial charge is 0.273 e. The lowest BCUT2D eigenvalue weighted by Gasteiger charge is -2.18. The Bertz CT molecular complexity index is 528. The molecule has 1 N–H and O–H groups in total. The van der Waals surface area contributed by atoms with Crippen molar-refractivity contribution < 1.29 is 18.1 Å². The van der Waals surface area contributed by atoms with Gasteiger partial charge >= 0.3 is 0 Å². The number of hydrogen-bond acceptors (Lipinski definition) is 3. The fraction of sp³-hybridized carbons (Fsp3) is 0.733. The van der Waals surface area contributed by atoms with Gasteiger partial charge in [-0.1, -0.05) is 11.6 Å². The van der Waals surface area contributed by atoms with Crippen molar-refractivity contribution in [3.63, 3.8) is 0 Å². The van der Waals surface area contributed by atoms with Gasteiger partial charge in [-0.3, -0.25) is 4.79 Å². The Balaban J connectivity index is 1.65. The maximum absolute atomic E-state index is 13.5. The molecule has 1 aromatic heterocycles. The van der Waals surface area contributed by atoms with Crippen molar-refractivity contribution in [1.82, 2.24) is 10.5 Å². The molecule has 0 aliphatic heterocycles. The Labute approximate surface area is 122 Å². The average Bonchev–Trinajstić information content (AvgIpc) is 2.91. The molecule has 2 aliphatic rings. The molecule has 0 aromatic carbocycles. The third-order valence-electron chi connectivity index (χ3n) is 4.58. The molecule has 0 radical (unpaired) electrons. The number of halogens is 2. The van der Waals surface area contributed by atoms with E-state index in [1.165, 1.54) is 0 Å². The highest BCUT2D eigenvalue weighted by molar-refractivity contribution is 5.93. The van der Waals surface area contributed by atoms with E-state index in [9.17, 15) is 13.6 Å². The summed E-state index contributed by atoms with van der Waals surface area (Å²) in [6.07, 6.45) is 5.65. The van der Waals surface area contributed by atoms with E-state index in [-0.39, 0.29) is 24.6 Å². The number of nitrogens with zero attached hydrogens (tertiary/aromatic N) is 1. The Morgan fingerprint density at radius 1 is 1.29 bits per heavy atom. The molecule has 0 spiro atoms. The van der Waals surface area contributed by atoms with Crippen LogP contribution in [0.1, 0.15) is 60.3 Å². The summed E-state index contributed by atoms with van der Waals surface area (Å²) in [7, 11) is 0. The van der Waals surface area contributed by atoms with Gasteiger partial charge in [-0.05, 0) is 32.1 Å². The third kappa shape index (κ3) is 2.94. The molecule has 2 aliphatic carbocycles. The van der Waals surface area contributed by atoms with Gasteiger partial charge in [0.15, 0.2) is 5.69 Å². The van der Waals surface area contributed by atoms with Crippen LogP contribution < -0.4 is 5.32 Å². The van der Waals surface area contributed by atoms with Gasteiger partial charge in [0.1, 0.15) is 5.76 Å². The number of fused-ring (bicyclic) bond motifs is 1. The van der Waals surface area contributed by atoms with Gasteiger partial charge in [0.25, 0.3) is 11.8 Å². The number of carbonyl (C=O) groups is 1. The minimum absolute atomic E-state index is 0.00741. The first-order valence-electron chi connectivity index (χ1n) is 7.71. The maximum Gasteiger partial charge on any atom is 0.273 e. The van der Waals surface area contributed by atoms with E-state index in [1.54, 1.807) is 0 Å². The predicted octanol–water partition coefficient (Wildman–Crippen LogP) is 3.11. The molecule has 6 heteroatoms. The highest BCUT2D eigenvalue weighted by Gasteiger charge is 2.43. The number of alkyl halides is 2. The van der Waals surface area contributed by atoms with E-state index < -0.39 is 11.8 Å². The van der Waals surface area contributed by atoms with Gasteiger partial charge in [-0.25, -0.2) is 8.78 Å². The van der Waals surface area contributed by atoms with Crippen LogP contribution in [0, 0.1) is 5.92 Å². The number of amides is 1. The summed E-state index contributed by atoms with van der Waals surface area (Å²) in [6.45, 7) is 0.00741. The van der Waals surface area contributed by atoms with Crippen molar-refractivity contribution in [2.75, 3.05) is 6.54 Å². The summed E-state index contributed by atoms with van der Waals surface area (Å²) in [5.41, 5.74) is 1.15. The van der Waals surface area contributed by atoms with Crippen molar-refractivity contribution >= 4 is 5.91 Å². The first kappa shape index (κ1) is 14.5. The monoisotopic (exact) mass is 298 g/mol. The lowest BCUT2D eigenvalue weighted by molar-refractivity contribution is -0.0352. The van der Waals surface area contributed by atoms with Crippen molar-refractivity contribution in [2.45, 2.75) is 57.3 Å². The van der Waals surface area contributed by atoms with Crippen molar-refractivity contribution in [3.8, 4) is 0 Å². The summed E-state index contributed by atoms with van der Waals surface area (Å²) >= 11 is 0. The van der Waals surface area contributed by atoms with E-state index >= 15 is 0 Å². The molecular weight excluding hydrogens is 278 g/mol. The van der Waals surface area contributed by atoms with Gasteiger partial charge in [-0.15, -0.1) is 0 Å². The Kier molecular flexibility index (Phi) is 3.95. The molecule has 1 unspecified atom stereocenters. The zero-order valence-electron chi connectivity index (χ0n) is 12.0. The Morgan fingerprint density at radius 2 is 2.10 bits per heavy atom. The number of hydrogen-bond donors (Lipinski definition) is 1. The molecule has 0 saturated heterocycles. The highest BCUT2D eigenvalue weighted by Crippen LogP contribution is 2.39. The lowest BCUT2D eigenvalue weighted by atomic mass is 10.0. The van der Waals surface area contributed by atoms with Crippen LogP contribution in [0.25, 0.3) is 0 Å². The first-order chi connectivity index (χ1) is 10.1. The van der Waals surface area contributed by atoms with Crippen LogP contribution in [0.15, 0.2) is 4.52 Å². The average molecular weight is 298 g/mol. The minimum Gasteiger partial charge on any atom is -0.360 e. The summed E-state index contributed by atoms with van der Waals surface area (Å²) in [6, 6.07) is 0. The molecule has 4 nitrogen and oxygen atoms in total. The second kappa shape index (κ2) is 5.73. The van der Waals surface area contributed by atoms with E-state index in [0.717, 1.165) is 43.4 Å². The lowest BCUT2D eigenvalue weighted by Crippen LogP contribution is -2.36. The summed E-state index contributed by atoms with van der Waals surface area (Å²) in [5.74, 6) is -3.02. The van der Waals surface area contributed by atoms with Gasteiger partial charge in [0.05, 0.1) is 0 Å². The number of rotatable bonds is 3. The predicted molar refractivity (Wildman–Crippen MR) is 72.4 cm³/mol. The standard InChI is InChI=1S/C15H20F2N2O2/c16-15(17)8-4-5-10(15)9-18-14(20)13-11-6-2-1-3-7-12(11)21-19-13/h10H,1-9H2,(H,18,20). The maximum atomic E-state index is 13.5. The van der Waals surface area contributed by atoms with Gasteiger partial charge < -0.3 is 9.84 Å². The van der Waals surface area contributed by atoms with Crippen LogP contribution in [0.2, 0.25) is 0 Å². The molecule has 3 rings (SSSR count). The van der Waals surface area contributed by atoms with Crippen LogP contribution in [0.5, 0.6) is 0 Å². The van der Waals surface area contributed by atoms with Crippen LogP contribution in [0.3, 0.4) is 0 Å². The van der Waals surface area contributed by atoms with Gasteiger partial charge in [-0.2, -0.15) is 0 Å². The van der Waals surface area contributed by atoms with Gasteiger partial charge in [0, 0.05) is 30.9 Å². The number of nitrogens with one attached hydrogen (secondary N) is 1. The summed E-state index contributed by atoms with van der Waals surface area (Å²) in [4.78, 5) is 12.2. The van der Waals surface area contributed by atoms with Crippen LogP contribution in [0.4, 0.5) is 8.78 Å². The number of carbonyl (C=O) groups excluding carboxylic acids is 1.